The van der Waals surface area contributed by atoms with E-state index in [1.807, 2.05) is 31.9 Å². The van der Waals surface area contributed by atoms with Crippen molar-refractivity contribution in [3.8, 4) is 0 Å². The summed E-state index contributed by atoms with van der Waals surface area (Å²) in [7, 11) is 2.19. The highest BCUT2D eigenvalue weighted by atomic mass is 32.2. The van der Waals surface area contributed by atoms with Gasteiger partial charge in [-0.25, -0.2) is 0 Å². The fraction of sp³-hybridized carbons (Fsp3) is 0.533. The molecule has 0 amide bonds. The summed E-state index contributed by atoms with van der Waals surface area (Å²) in [6.07, 6.45) is 17.7. The minimum absolute atomic E-state index is 0.787. The van der Waals surface area contributed by atoms with Crippen LogP contribution in [0.2, 0.25) is 0 Å². The van der Waals surface area contributed by atoms with E-state index >= 15 is 0 Å². The maximum Gasteiger partial charge on any atom is 0.0490 e. The van der Waals surface area contributed by atoms with E-state index < -0.39 is 0 Å². The molecule has 0 bridgehead atoms. The summed E-state index contributed by atoms with van der Waals surface area (Å²) in [6, 6.07) is 7.82. The minimum atomic E-state index is 0.787. The normalized spacial score (nSPS) is 17.1. The Morgan fingerprint density at radius 3 is 2.62 bits per heavy atom. The first kappa shape index (κ1) is 26.7. The van der Waals surface area contributed by atoms with Crippen LogP contribution >= 0.6 is 11.9 Å². The van der Waals surface area contributed by atoms with E-state index in [0.29, 0.717) is 0 Å². The lowest BCUT2D eigenvalue weighted by Crippen LogP contribution is -2.38. The minimum Gasteiger partial charge on any atom is -0.340 e. The van der Waals surface area contributed by atoms with Crippen LogP contribution in [-0.4, -0.2) is 29.1 Å². The zero-order valence-corrected chi connectivity index (χ0v) is 23.0. The summed E-state index contributed by atoms with van der Waals surface area (Å²) in [4.78, 5) is 4.08. The van der Waals surface area contributed by atoms with Gasteiger partial charge in [-0.1, -0.05) is 64.8 Å². The Kier molecular flexibility index (Phi) is 10.4. The Morgan fingerprint density at radius 1 is 1.18 bits per heavy atom. The molecule has 1 aromatic heterocycles. The van der Waals surface area contributed by atoms with Gasteiger partial charge in [-0.2, -0.15) is 0 Å². The van der Waals surface area contributed by atoms with Crippen LogP contribution in [0.25, 0.3) is 10.9 Å². The molecule has 0 radical (unpaired) electrons. The second kappa shape index (κ2) is 13.3. The van der Waals surface area contributed by atoms with E-state index in [2.05, 4.69) is 77.7 Å². The highest BCUT2D eigenvalue weighted by molar-refractivity contribution is 8.04. The Morgan fingerprint density at radius 2 is 1.94 bits per heavy atom. The van der Waals surface area contributed by atoms with Crippen molar-refractivity contribution >= 4 is 28.5 Å². The molecule has 1 fully saturated rings. The molecule has 1 saturated carbocycles. The monoisotopic (exact) mass is 479 g/mol. The van der Waals surface area contributed by atoms with Gasteiger partial charge in [-0.05, 0) is 61.4 Å². The van der Waals surface area contributed by atoms with Crippen molar-refractivity contribution in [3.63, 3.8) is 0 Å². The standard InChI is InChI=1S/C28H39N3S.C2H6/c1-5-8-14-24(11-6-2)32-29(4)23-15-16-27-25(20-23)26-21-30(22-12-9-10-13-22)19-17-28(26)31(27)18-7-3;1-2/h7-8,11,14-16,20,22H,3,5-6,9-10,12-13,17-19,21H2,1-2,4H3;1-2H3/b14-8-,24-11+;. The molecule has 1 aromatic carbocycles. The maximum absolute atomic E-state index is 4.03. The zero-order chi connectivity index (χ0) is 24.5. The van der Waals surface area contributed by atoms with Gasteiger partial charge in [-0.15, -0.1) is 6.58 Å². The third-order valence-electron chi connectivity index (χ3n) is 6.95. The van der Waals surface area contributed by atoms with E-state index in [-0.39, 0.29) is 0 Å². The second-order valence-corrected chi connectivity index (χ2v) is 10.3. The Labute approximate surface area is 212 Å². The number of benzene rings is 1. The largest absolute Gasteiger partial charge is 0.340 e. The predicted octanol–water partition coefficient (Wildman–Crippen LogP) is 8.50. The predicted molar refractivity (Wildman–Crippen MR) is 154 cm³/mol. The van der Waals surface area contributed by atoms with E-state index in [0.717, 1.165) is 38.4 Å². The molecule has 3 nitrogen and oxygen atoms in total. The lowest BCUT2D eigenvalue weighted by atomic mass is 10.0. The first-order valence-electron chi connectivity index (χ1n) is 13.4. The Hall–Kier alpha value is -1.91. The number of hydrogen-bond acceptors (Lipinski definition) is 3. The Balaban J connectivity index is 0.00000158. The van der Waals surface area contributed by atoms with Gasteiger partial charge < -0.3 is 8.87 Å². The van der Waals surface area contributed by atoms with E-state index in [1.165, 1.54) is 59.4 Å². The molecular formula is C30H45N3S. The van der Waals surface area contributed by atoms with Crippen molar-refractivity contribution in [2.45, 2.75) is 91.8 Å². The third-order valence-corrected chi connectivity index (χ3v) is 7.95. The molecule has 186 valence electrons. The summed E-state index contributed by atoms with van der Waals surface area (Å²) in [5.74, 6) is 0. The van der Waals surface area contributed by atoms with Crippen molar-refractivity contribution in [1.29, 1.82) is 0 Å². The first-order chi connectivity index (χ1) is 16.7. The maximum atomic E-state index is 4.03. The molecule has 4 heteroatoms. The lowest BCUT2D eigenvalue weighted by molar-refractivity contribution is 0.180. The van der Waals surface area contributed by atoms with Crippen molar-refractivity contribution in [2.75, 3.05) is 17.9 Å². The first-order valence-corrected chi connectivity index (χ1v) is 14.2. The van der Waals surface area contributed by atoms with Gasteiger partial charge in [0.2, 0.25) is 0 Å². The lowest BCUT2D eigenvalue weighted by Gasteiger charge is -2.33. The number of aromatic nitrogens is 1. The molecule has 0 unspecified atom stereocenters. The van der Waals surface area contributed by atoms with Crippen LogP contribution < -0.4 is 4.31 Å². The van der Waals surface area contributed by atoms with Crippen LogP contribution in [0.3, 0.4) is 0 Å². The van der Waals surface area contributed by atoms with Gasteiger partial charge in [0.1, 0.15) is 0 Å². The molecule has 2 aromatic rings. The number of hydrogen-bond donors (Lipinski definition) is 0. The van der Waals surface area contributed by atoms with Crippen LogP contribution in [0.1, 0.15) is 77.5 Å². The molecule has 0 N–H and O–H groups in total. The molecule has 0 atom stereocenters. The molecular weight excluding hydrogens is 434 g/mol. The van der Waals surface area contributed by atoms with E-state index in [9.17, 15) is 0 Å². The van der Waals surface area contributed by atoms with Crippen molar-refractivity contribution in [2.24, 2.45) is 0 Å². The van der Waals surface area contributed by atoms with E-state index in [4.69, 9.17) is 0 Å². The molecule has 2 heterocycles. The van der Waals surface area contributed by atoms with Gasteiger partial charge in [0.05, 0.1) is 0 Å². The highest BCUT2D eigenvalue weighted by Gasteiger charge is 2.29. The van der Waals surface area contributed by atoms with Gasteiger partial charge >= 0.3 is 0 Å². The van der Waals surface area contributed by atoms with Crippen molar-refractivity contribution < 1.29 is 0 Å². The summed E-state index contributed by atoms with van der Waals surface area (Å²) in [5, 5.41) is 1.43. The SMILES string of the molecule is C=CCn1c2c(c3cc(N(C)SC(/C=C\CC)=C/CC)ccc31)CN(C1CCCC1)CC2.CC. The van der Waals surface area contributed by atoms with Gasteiger partial charge in [0.25, 0.3) is 0 Å². The van der Waals surface area contributed by atoms with Crippen molar-refractivity contribution in [3.05, 3.63) is 65.2 Å². The topological polar surface area (TPSA) is 11.4 Å². The van der Waals surface area contributed by atoms with Crippen LogP contribution in [0.15, 0.2) is 54.0 Å². The number of fused-ring (bicyclic) bond motifs is 3. The summed E-state index contributed by atoms with van der Waals surface area (Å²) in [6.45, 7) is 15.6. The molecule has 34 heavy (non-hydrogen) atoms. The number of allylic oxidation sites excluding steroid dienone is 4. The second-order valence-electron chi connectivity index (χ2n) is 9.10. The molecule has 1 aliphatic carbocycles. The average Bonchev–Trinajstić information content (AvgIpc) is 3.51. The number of anilines is 1. The average molecular weight is 480 g/mol. The van der Waals surface area contributed by atoms with Crippen LogP contribution in [-0.2, 0) is 19.5 Å². The molecule has 0 spiro atoms. The van der Waals surface area contributed by atoms with E-state index in [1.54, 1.807) is 5.56 Å². The summed E-state index contributed by atoms with van der Waals surface area (Å²) in [5.41, 5.74) is 5.71. The quantitative estimate of drug-likeness (QED) is 0.203. The molecule has 1 aliphatic heterocycles. The summed E-state index contributed by atoms with van der Waals surface area (Å²) < 4.78 is 4.82. The number of nitrogens with zero attached hydrogens (tertiary/aromatic N) is 3. The fourth-order valence-electron chi connectivity index (χ4n) is 5.36. The van der Waals surface area contributed by atoms with Crippen LogP contribution in [0.5, 0.6) is 0 Å². The summed E-state index contributed by atoms with van der Waals surface area (Å²) >= 11 is 1.82. The van der Waals surface area contributed by atoms with Crippen LogP contribution in [0.4, 0.5) is 5.69 Å². The highest BCUT2D eigenvalue weighted by Crippen LogP contribution is 2.37. The molecule has 0 saturated heterocycles. The van der Waals surface area contributed by atoms with Gasteiger partial charge in [0, 0.05) is 66.3 Å². The van der Waals surface area contributed by atoms with Gasteiger partial charge in [-0.3, -0.25) is 4.90 Å². The van der Waals surface area contributed by atoms with Crippen molar-refractivity contribution in [1.82, 2.24) is 9.47 Å². The zero-order valence-electron chi connectivity index (χ0n) is 22.1. The Bertz CT molecular complexity index is 994. The third kappa shape index (κ3) is 6.01. The van der Waals surface area contributed by atoms with Gasteiger partial charge in [0.15, 0.2) is 0 Å². The fourth-order valence-corrected chi connectivity index (χ4v) is 6.29. The smallest absolute Gasteiger partial charge is 0.0490 e. The van der Waals surface area contributed by atoms with Crippen LogP contribution in [0, 0.1) is 0 Å². The molecule has 4 rings (SSSR count). The molecule has 2 aliphatic rings. The number of rotatable bonds is 9.